The van der Waals surface area contributed by atoms with Crippen LogP contribution < -0.4 is 11.1 Å². The fourth-order valence-electron chi connectivity index (χ4n) is 1.15. The number of carbonyl (C=O) groups excluding carboxylic acids is 2. The van der Waals surface area contributed by atoms with E-state index in [1.807, 2.05) is 13.8 Å². The van der Waals surface area contributed by atoms with Gasteiger partial charge in [-0.05, 0) is 19.3 Å². The summed E-state index contributed by atoms with van der Waals surface area (Å²) in [5, 5.41) is 11.5. The average molecular weight is 216 g/mol. The Bertz CT molecular complexity index is 227. The molecule has 4 N–H and O–H groups in total. The van der Waals surface area contributed by atoms with Crippen molar-refractivity contribution in [1.29, 1.82) is 0 Å². The van der Waals surface area contributed by atoms with Gasteiger partial charge in [-0.25, -0.2) is 0 Å². The Hall–Kier alpha value is -1.10. The predicted octanol–water partition coefficient (Wildman–Crippen LogP) is -0.227. The number of aliphatic hydroxyl groups excluding tert-OH is 1. The zero-order valence-corrected chi connectivity index (χ0v) is 9.49. The molecule has 0 radical (unpaired) electrons. The van der Waals surface area contributed by atoms with Gasteiger partial charge in [0, 0.05) is 6.42 Å². The molecule has 0 heterocycles. The molecule has 2 amide bonds. The number of carbonyl (C=O) groups is 2. The number of primary amides is 1. The van der Waals surface area contributed by atoms with Crippen LogP contribution in [0.5, 0.6) is 0 Å². The second-order valence-corrected chi connectivity index (χ2v) is 4.08. The zero-order chi connectivity index (χ0) is 12.0. The lowest BCUT2D eigenvalue weighted by Gasteiger charge is -2.19. The molecule has 2 atom stereocenters. The molecule has 0 saturated heterocycles. The smallest absolute Gasteiger partial charge is 0.240 e. The minimum Gasteiger partial charge on any atom is -0.393 e. The van der Waals surface area contributed by atoms with E-state index in [-0.39, 0.29) is 18.2 Å². The summed E-state index contributed by atoms with van der Waals surface area (Å²) < 4.78 is 0. The highest BCUT2D eigenvalue weighted by molar-refractivity contribution is 5.86. The van der Waals surface area contributed by atoms with Crippen molar-refractivity contribution in [3.05, 3.63) is 0 Å². The van der Waals surface area contributed by atoms with Gasteiger partial charge >= 0.3 is 0 Å². The largest absolute Gasteiger partial charge is 0.393 e. The van der Waals surface area contributed by atoms with E-state index in [9.17, 15) is 9.59 Å². The van der Waals surface area contributed by atoms with Crippen molar-refractivity contribution in [2.24, 2.45) is 11.7 Å². The molecule has 0 spiro atoms. The lowest BCUT2D eigenvalue weighted by Crippen LogP contribution is -2.47. The molecular formula is C10H20N2O3. The Morgan fingerprint density at radius 1 is 1.33 bits per heavy atom. The number of rotatable bonds is 6. The Balaban J connectivity index is 4.07. The number of aliphatic hydroxyl groups is 1. The molecule has 0 aliphatic heterocycles. The van der Waals surface area contributed by atoms with Crippen LogP contribution in [-0.4, -0.2) is 29.1 Å². The first-order valence-electron chi connectivity index (χ1n) is 5.11. The molecule has 2 unspecified atom stereocenters. The van der Waals surface area contributed by atoms with Crippen molar-refractivity contribution >= 4 is 11.8 Å². The average Bonchev–Trinajstić information content (AvgIpc) is 2.09. The Kier molecular flexibility index (Phi) is 5.93. The van der Waals surface area contributed by atoms with Gasteiger partial charge in [0.2, 0.25) is 11.8 Å². The molecule has 0 aliphatic rings. The minimum absolute atomic E-state index is 0.0296. The predicted molar refractivity (Wildman–Crippen MR) is 56.9 cm³/mol. The van der Waals surface area contributed by atoms with E-state index in [1.165, 1.54) is 0 Å². The molecule has 0 aromatic heterocycles. The topological polar surface area (TPSA) is 92.4 Å². The highest BCUT2D eigenvalue weighted by atomic mass is 16.3. The summed E-state index contributed by atoms with van der Waals surface area (Å²) in [6, 6.07) is -0.633. The van der Waals surface area contributed by atoms with Gasteiger partial charge in [-0.3, -0.25) is 9.59 Å². The normalized spacial score (nSPS) is 14.7. The first-order valence-corrected chi connectivity index (χ1v) is 5.11. The molecule has 0 fully saturated rings. The van der Waals surface area contributed by atoms with Crippen molar-refractivity contribution in [2.45, 2.75) is 45.8 Å². The third-order valence-electron chi connectivity index (χ3n) is 2.08. The second kappa shape index (κ2) is 6.40. The maximum atomic E-state index is 11.3. The quantitative estimate of drug-likeness (QED) is 0.572. The van der Waals surface area contributed by atoms with E-state index in [2.05, 4.69) is 5.32 Å². The van der Waals surface area contributed by atoms with Crippen LogP contribution in [0.15, 0.2) is 0 Å². The van der Waals surface area contributed by atoms with E-state index in [0.29, 0.717) is 6.42 Å². The molecule has 0 aliphatic carbocycles. The Morgan fingerprint density at radius 2 is 1.87 bits per heavy atom. The maximum Gasteiger partial charge on any atom is 0.240 e. The van der Waals surface area contributed by atoms with E-state index < -0.39 is 18.1 Å². The van der Waals surface area contributed by atoms with Gasteiger partial charge in [0.1, 0.15) is 6.04 Å². The summed E-state index contributed by atoms with van der Waals surface area (Å²) in [7, 11) is 0. The highest BCUT2D eigenvalue weighted by Gasteiger charge is 2.21. The summed E-state index contributed by atoms with van der Waals surface area (Å²) in [6.45, 7) is 5.23. The lowest BCUT2D eigenvalue weighted by atomic mass is 10.0. The number of nitrogens with one attached hydrogen (secondary N) is 1. The van der Waals surface area contributed by atoms with Crippen molar-refractivity contribution in [3.63, 3.8) is 0 Å². The van der Waals surface area contributed by atoms with E-state index in [0.717, 1.165) is 0 Å². The molecule has 15 heavy (non-hydrogen) atoms. The molecule has 0 saturated carbocycles. The lowest BCUT2D eigenvalue weighted by molar-refractivity contribution is -0.128. The SMILES string of the molecule is CC(O)CCC(=O)NC(C(N)=O)C(C)C. The van der Waals surface area contributed by atoms with Crippen LogP contribution in [0.2, 0.25) is 0 Å². The van der Waals surface area contributed by atoms with Crippen molar-refractivity contribution in [2.75, 3.05) is 0 Å². The monoisotopic (exact) mass is 216 g/mol. The van der Waals surface area contributed by atoms with E-state index in [4.69, 9.17) is 10.8 Å². The van der Waals surface area contributed by atoms with Crippen LogP contribution >= 0.6 is 0 Å². The summed E-state index contributed by atoms with van der Waals surface area (Å²) in [5.41, 5.74) is 5.14. The molecule has 0 aromatic rings. The zero-order valence-electron chi connectivity index (χ0n) is 9.49. The van der Waals surface area contributed by atoms with Gasteiger partial charge in [0.15, 0.2) is 0 Å². The van der Waals surface area contributed by atoms with Crippen LogP contribution in [0.3, 0.4) is 0 Å². The number of amides is 2. The van der Waals surface area contributed by atoms with Gasteiger partial charge in [-0.15, -0.1) is 0 Å². The molecular weight excluding hydrogens is 196 g/mol. The third kappa shape index (κ3) is 6.06. The van der Waals surface area contributed by atoms with Crippen LogP contribution in [0.25, 0.3) is 0 Å². The number of hydrogen-bond donors (Lipinski definition) is 3. The van der Waals surface area contributed by atoms with Crippen molar-refractivity contribution in [1.82, 2.24) is 5.32 Å². The van der Waals surface area contributed by atoms with Crippen molar-refractivity contribution in [3.8, 4) is 0 Å². The van der Waals surface area contributed by atoms with Gasteiger partial charge in [-0.1, -0.05) is 13.8 Å². The van der Waals surface area contributed by atoms with Crippen molar-refractivity contribution < 1.29 is 14.7 Å². The van der Waals surface area contributed by atoms with Gasteiger partial charge in [0.25, 0.3) is 0 Å². The maximum absolute atomic E-state index is 11.3. The van der Waals surface area contributed by atoms with Gasteiger partial charge in [0.05, 0.1) is 6.10 Å². The minimum atomic E-state index is -0.633. The Morgan fingerprint density at radius 3 is 2.20 bits per heavy atom. The van der Waals surface area contributed by atoms with Crippen LogP contribution in [0, 0.1) is 5.92 Å². The molecule has 0 aromatic carbocycles. The Labute approximate surface area is 90.0 Å². The fourth-order valence-corrected chi connectivity index (χ4v) is 1.15. The summed E-state index contributed by atoms with van der Waals surface area (Å²) in [4.78, 5) is 22.3. The second-order valence-electron chi connectivity index (χ2n) is 4.08. The van der Waals surface area contributed by atoms with E-state index in [1.54, 1.807) is 6.92 Å². The van der Waals surface area contributed by atoms with Crippen LogP contribution in [0.1, 0.15) is 33.6 Å². The van der Waals surface area contributed by atoms with Gasteiger partial charge in [-0.2, -0.15) is 0 Å². The summed E-state index contributed by atoms with van der Waals surface area (Å²) in [5.74, 6) is -0.818. The first-order chi connectivity index (χ1) is 6.84. The standard InChI is InChI=1S/C10H20N2O3/c1-6(2)9(10(11)15)12-8(14)5-4-7(3)13/h6-7,9,13H,4-5H2,1-3H3,(H2,11,15)(H,12,14). The molecule has 0 bridgehead atoms. The fraction of sp³-hybridized carbons (Fsp3) is 0.800. The molecule has 0 rings (SSSR count). The first kappa shape index (κ1) is 13.9. The molecule has 5 heteroatoms. The van der Waals surface area contributed by atoms with E-state index >= 15 is 0 Å². The summed E-state index contributed by atoms with van der Waals surface area (Å²) >= 11 is 0. The number of hydrogen-bond acceptors (Lipinski definition) is 3. The molecule has 88 valence electrons. The van der Waals surface area contributed by atoms with Crippen LogP contribution in [0.4, 0.5) is 0 Å². The third-order valence-corrected chi connectivity index (χ3v) is 2.08. The molecule has 5 nitrogen and oxygen atoms in total. The number of nitrogens with two attached hydrogens (primary N) is 1. The van der Waals surface area contributed by atoms with Gasteiger partial charge < -0.3 is 16.2 Å². The highest BCUT2D eigenvalue weighted by Crippen LogP contribution is 2.02. The van der Waals surface area contributed by atoms with Crippen LogP contribution in [-0.2, 0) is 9.59 Å². The summed E-state index contributed by atoms with van der Waals surface area (Å²) in [6.07, 6.45) is 0.0747.